The molecule has 0 bridgehead atoms. The van der Waals surface area contributed by atoms with Gasteiger partial charge in [-0.05, 0) is 17.7 Å². The highest BCUT2D eigenvalue weighted by Crippen LogP contribution is 2.26. The summed E-state index contributed by atoms with van der Waals surface area (Å²) in [6.07, 6.45) is 0.0481. The molecule has 1 aromatic heterocycles. The van der Waals surface area contributed by atoms with Gasteiger partial charge < -0.3 is 15.2 Å². The Morgan fingerprint density at radius 2 is 1.92 bits per heavy atom. The number of ether oxygens (including phenoxy) is 1. The van der Waals surface area contributed by atoms with Crippen molar-refractivity contribution in [2.45, 2.75) is 38.6 Å². The van der Waals surface area contributed by atoms with Crippen molar-refractivity contribution in [3.63, 3.8) is 0 Å². The van der Waals surface area contributed by atoms with Gasteiger partial charge in [0.05, 0.1) is 24.2 Å². The largest absolute Gasteiger partial charge is 0.497 e. The molecule has 7 heteroatoms. The van der Waals surface area contributed by atoms with E-state index >= 15 is 0 Å². The number of hydrogen-bond donors (Lipinski definition) is 2. The van der Waals surface area contributed by atoms with E-state index in [0.717, 1.165) is 5.01 Å². The number of carboxylic acids is 1. The van der Waals surface area contributed by atoms with Crippen LogP contribution in [0.15, 0.2) is 29.6 Å². The summed E-state index contributed by atoms with van der Waals surface area (Å²) in [6, 6.07) is 5.46. The van der Waals surface area contributed by atoms with E-state index in [2.05, 4.69) is 31.1 Å². The van der Waals surface area contributed by atoms with E-state index in [1.807, 2.05) is 5.38 Å². The summed E-state index contributed by atoms with van der Waals surface area (Å²) in [5.74, 6) is -0.877. The lowest BCUT2D eigenvalue weighted by Crippen LogP contribution is -2.34. The normalized spacial score (nSPS) is 12.5. The van der Waals surface area contributed by atoms with Crippen LogP contribution in [0.5, 0.6) is 5.75 Å². The smallest absolute Gasteiger partial charge is 0.330 e. The third-order valence-electron chi connectivity index (χ3n) is 3.54. The van der Waals surface area contributed by atoms with E-state index in [9.17, 15) is 14.7 Å². The lowest BCUT2D eigenvalue weighted by Gasteiger charge is -2.15. The Balaban J connectivity index is 2.07. The minimum Gasteiger partial charge on any atom is -0.497 e. The number of nitrogens with zero attached hydrogens (tertiary/aromatic N) is 1. The summed E-state index contributed by atoms with van der Waals surface area (Å²) in [6.45, 7) is 6.17. The first-order chi connectivity index (χ1) is 11.7. The SMILES string of the molecule is COc1ccc(C(NC(=O)Cc2csc(C(C)(C)C)n2)C(=O)O)cc1. The highest BCUT2D eigenvalue weighted by molar-refractivity contribution is 7.09. The van der Waals surface area contributed by atoms with Crippen LogP contribution in [0, 0.1) is 0 Å². The molecule has 0 radical (unpaired) electrons. The van der Waals surface area contributed by atoms with E-state index in [1.54, 1.807) is 24.3 Å². The van der Waals surface area contributed by atoms with Gasteiger partial charge in [0, 0.05) is 10.8 Å². The molecular formula is C18H22N2O4S. The molecule has 1 aromatic carbocycles. The van der Waals surface area contributed by atoms with Crippen molar-refractivity contribution in [3.05, 3.63) is 45.9 Å². The van der Waals surface area contributed by atoms with Crippen molar-refractivity contribution in [1.82, 2.24) is 10.3 Å². The van der Waals surface area contributed by atoms with Crippen molar-refractivity contribution < 1.29 is 19.4 Å². The van der Waals surface area contributed by atoms with Crippen molar-refractivity contribution in [2.75, 3.05) is 7.11 Å². The van der Waals surface area contributed by atoms with Gasteiger partial charge in [0.15, 0.2) is 6.04 Å². The van der Waals surface area contributed by atoms with Crippen LogP contribution < -0.4 is 10.1 Å². The second kappa shape index (κ2) is 7.65. The van der Waals surface area contributed by atoms with Crippen LogP contribution in [0.2, 0.25) is 0 Å². The number of carboxylic acid groups (broad SMARTS) is 1. The zero-order valence-electron chi connectivity index (χ0n) is 14.7. The Bertz CT molecular complexity index is 747. The van der Waals surface area contributed by atoms with E-state index in [-0.39, 0.29) is 17.7 Å². The molecule has 0 saturated carbocycles. The number of carbonyl (C=O) groups excluding carboxylic acids is 1. The maximum atomic E-state index is 12.2. The van der Waals surface area contributed by atoms with Crippen molar-refractivity contribution in [3.8, 4) is 5.75 Å². The molecular weight excluding hydrogens is 340 g/mol. The molecule has 0 aliphatic rings. The molecule has 1 atom stereocenters. The number of aliphatic carboxylic acids is 1. The first kappa shape index (κ1) is 18.9. The number of rotatable bonds is 6. The number of hydrogen-bond acceptors (Lipinski definition) is 5. The molecule has 2 N–H and O–H groups in total. The number of thiazole rings is 1. The third kappa shape index (κ3) is 5.03. The average molecular weight is 362 g/mol. The fraction of sp³-hybridized carbons (Fsp3) is 0.389. The Kier molecular flexibility index (Phi) is 5.79. The van der Waals surface area contributed by atoms with Crippen LogP contribution in [0.1, 0.15) is 43.1 Å². The van der Waals surface area contributed by atoms with E-state index in [4.69, 9.17) is 4.74 Å². The maximum absolute atomic E-state index is 12.2. The minimum absolute atomic E-state index is 0.0481. The predicted octanol–water partition coefficient (Wildman–Crippen LogP) is 2.93. The number of amides is 1. The van der Waals surface area contributed by atoms with Gasteiger partial charge in [0.2, 0.25) is 5.91 Å². The van der Waals surface area contributed by atoms with Gasteiger partial charge in [-0.3, -0.25) is 4.79 Å². The molecule has 25 heavy (non-hydrogen) atoms. The van der Waals surface area contributed by atoms with Gasteiger partial charge >= 0.3 is 5.97 Å². The van der Waals surface area contributed by atoms with Crippen molar-refractivity contribution in [1.29, 1.82) is 0 Å². The maximum Gasteiger partial charge on any atom is 0.330 e. The number of aromatic nitrogens is 1. The number of carbonyl (C=O) groups is 2. The van der Waals surface area contributed by atoms with E-state index in [0.29, 0.717) is 17.0 Å². The van der Waals surface area contributed by atoms with Crippen LogP contribution in [0.4, 0.5) is 0 Å². The molecule has 1 amide bonds. The summed E-state index contributed by atoms with van der Waals surface area (Å²) in [5, 5.41) is 14.8. The summed E-state index contributed by atoms with van der Waals surface area (Å²) in [4.78, 5) is 28.2. The molecule has 6 nitrogen and oxygen atoms in total. The Morgan fingerprint density at radius 1 is 1.28 bits per heavy atom. The Labute approximate surface area is 150 Å². The quantitative estimate of drug-likeness (QED) is 0.825. The lowest BCUT2D eigenvalue weighted by atomic mass is 9.98. The van der Waals surface area contributed by atoms with Crippen molar-refractivity contribution >= 4 is 23.2 Å². The third-order valence-corrected chi connectivity index (χ3v) is 4.85. The Hall–Kier alpha value is -2.41. The second-order valence-corrected chi connectivity index (χ2v) is 7.54. The number of benzene rings is 1. The molecule has 0 aliphatic carbocycles. The first-order valence-electron chi connectivity index (χ1n) is 7.81. The molecule has 0 fully saturated rings. The fourth-order valence-corrected chi connectivity index (χ4v) is 3.10. The van der Waals surface area contributed by atoms with Crippen LogP contribution in [0.3, 0.4) is 0 Å². The second-order valence-electron chi connectivity index (χ2n) is 6.68. The monoisotopic (exact) mass is 362 g/mol. The Morgan fingerprint density at radius 3 is 2.40 bits per heavy atom. The topological polar surface area (TPSA) is 88.5 Å². The lowest BCUT2D eigenvalue weighted by molar-refractivity contribution is -0.142. The highest BCUT2D eigenvalue weighted by atomic mass is 32.1. The fourth-order valence-electron chi connectivity index (χ4n) is 2.19. The molecule has 0 saturated heterocycles. The zero-order chi connectivity index (χ0) is 18.6. The molecule has 1 unspecified atom stereocenters. The number of methoxy groups -OCH3 is 1. The van der Waals surface area contributed by atoms with Crippen LogP contribution in [0.25, 0.3) is 0 Å². The van der Waals surface area contributed by atoms with Crippen LogP contribution in [-0.2, 0) is 21.4 Å². The predicted molar refractivity (Wildman–Crippen MR) is 96.0 cm³/mol. The molecule has 1 heterocycles. The van der Waals surface area contributed by atoms with Gasteiger partial charge in [0.25, 0.3) is 0 Å². The van der Waals surface area contributed by atoms with Gasteiger partial charge in [-0.15, -0.1) is 11.3 Å². The van der Waals surface area contributed by atoms with Gasteiger partial charge in [-0.25, -0.2) is 9.78 Å². The van der Waals surface area contributed by atoms with Crippen LogP contribution in [-0.4, -0.2) is 29.1 Å². The summed E-state index contributed by atoms with van der Waals surface area (Å²) in [5.41, 5.74) is 1.05. The molecule has 2 rings (SSSR count). The van der Waals surface area contributed by atoms with E-state index in [1.165, 1.54) is 18.4 Å². The van der Waals surface area contributed by atoms with Crippen LogP contribution >= 0.6 is 11.3 Å². The minimum atomic E-state index is -1.12. The molecule has 134 valence electrons. The average Bonchev–Trinajstić information content (AvgIpc) is 3.01. The van der Waals surface area contributed by atoms with Gasteiger partial charge in [-0.2, -0.15) is 0 Å². The molecule has 0 spiro atoms. The number of nitrogens with one attached hydrogen (secondary N) is 1. The highest BCUT2D eigenvalue weighted by Gasteiger charge is 2.23. The van der Waals surface area contributed by atoms with E-state index < -0.39 is 12.0 Å². The standard InChI is InChI=1S/C18H22N2O4S/c1-18(2,3)17-19-12(10-25-17)9-14(21)20-15(16(22)23)11-5-7-13(24-4)8-6-11/h5-8,10,15H,9H2,1-4H3,(H,20,21)(H,22,23). The molecule has 0 aliphatic heterocycles. The first-order valence-corrected chi connectivity index (χ1v) is 8.69. The summed E-state index contributed by atoms with van der Waals surface area (Å²) in [7, 11) is 1.53. The summed E-state index contributed by atoms with van der Waals surface area (Å²) >= 11 is 1.50. The van der Waals surface area contributed by atoms with Crippen molar-refractivity contribution in [2.24, 2.45) is 0 Å². The molecule has 2 aromatic rings. The van der Waals surface area contributed by atoms with Gasteiger partial charge in [0.1, 0.15) is 5.75 Å². The summed E-state index contributed by atoms with van der Waals surface area (Å²) < 4.78 is 5.06. The zero-order valence-corrected chi connectivity index (χ0v) is 15.5. The van der Waals surface area contributed by atoms with Gasteiger partial charge in [-0.1, -0.05) is 32.9 Å².